The van der Waals surface area contributed by atoms with Crippen molar-refractivity contribution in [2.75, 3.05) is 6.54 Å². The predicted octanol–water partition coefficient (Wildman–Crippen LogP) is 4.63. The summed E-state index contributed by atoms with van der Waals surface area (Å²) in [5, 5.41) is 6.19. The second-order valence-electron chi connectivity index (χ2n) is 10.7. The third kappa shape index (κ3) is 5.35. The number of aryl methyl sites for hydroxylation is 2. The molecular formula is C28H36N4O3. The zero-order chi connectivity index (χ0) is 24.5. The highest BCUT2D eigenvalue weighted by Gasteiger charge is 2.32. The lowest BCUT2D eigenvalue weighted by molar-refractivity contribution is 0.211. The second-order valence-corrected chi connectivity index (χ2v) is 10.7. The number of hydrogen-bond donors (Lipinski definition) is 1. The molecule has 1 saturated heterocycles. The minimum atomic E-state index is -0.560. The Labute approximate surface area is 206 Å². The fraction of sp³-hybridized carbons (Fsp3) is 0.536. The van der Waals surface area contributed by atoms with Crippen LogP contribution >= 0.6 is 0 Å². The first-order valence-corrected chi connectivity index (χ1v) is 13.0. The average molecular weight is 477 g/mol. The zero-order valence-electron chi connectivity index (χ0n) is 21.0. The SMILES string of the molecule is Cc1cc(C2CC2)c(CN2CCC[C@@H]2CC(C)C)n(CCc2ccc(-c3n[nH]c(=O)o3)cc2)c1=O. The number of nitrogens with one attached hydrogen (secondary N) is 1. The molecule has 35 heavy (non-hydrogen) atoms. The number of pyridine rings is 1. The Kier molecular flexibility index (Phi) is 6.78. The van der Waals surface area contributed by atoms with Gasteiger partial charge in [-0.25, -0.2) is 9.89 Å². The summed E-state index contributed by atoms with van der Waals surface area (Å²) in [7, 11) is 0. The van der Waals surface area contributed by atoms with Crippen LogP contribution in [-0.4, -0.2) is 32.3 Å². The van der Waals surface area contributed by atoms with E-state index in [1.807, 2.05) is 31.2 Å². The van der Waals surface area contributed by atoms with Gasteiger partial charge in [0, 0.05) is 36.0 Å². The molecule has 5 rings (SSSR count). The van der Waals surface area contributed by atoms with Gasteiger partial charge in [0.05, 0.1) is 0 Å². The zero-order valence-corrected chi connectivity index (χ0v) is 21.0. The molecule has 7 nitrogen and oxygen atoms in total. The van der Waals surface area contributed by atoms with Crippen LogP contribution in [-0.2, 0) is 19.5 Å². The Bertz CT molecular complexity index is 1280. The quantitative estimate of drug-likeness (QED) is 0.487. The van der Waals surface area contributed by atoms with Crippen molar-refractivity contribution >= 4 is 0 Å². The van der Waals surface area contributed by atoms with Crippen LogP contribution in [0.3, 0.4) is 0 Å². The average Bonchev–Trinajstić information content (AvgIpc) is 3.45. The van der Waals surface area contributed by atoms with E-state index in [1.54, 1.807) is 0 Å². The maximum absolute atomic E-state index is 13.4. The van der Waals surface area contributed by atoms with Gasteiger partial charge in [-0.05, 0) is 93.2 Å². The number of benzene rings is 1. The molecule has 0 spiro atoms. The van der Waals surface area contributed by atoms with E-state index in [0.29, 0.717) is 24.4 Å². The molecule has 0 radical (unpaired) electrons. The predicted molar refractivity (Wildman–Crippen MR) is 137 cm³/mol. The van der Waals surface area contributed by atoms with Crippen molar-refractivity contribution in [1.82, 2.24) is 19.7 Å². The summed E-state index contributed by atoms with van der Waals surface area (Å²) in [4.78, 5) is 27.2. The van der Waals surface area contributed by atoms with Gasteiger partial charge in [0.25, 0.3) is 5.56 Å². The van der Waals surface area contributed by atoms with Crippen molar-refractivity contribution in [1.29, 1.82) is 0 Å². The molecule has 1 aliphatic carbocycles. The van der Waals surface area contributed by atoms with Gasteiger partial charge in [0.1, 0.15) is 0 Å². The maximum Gasteiger partial charge on any atom is 0.434 e. The smallest absolute Gasteiger partial charge is 0.388 e. The van der Waals surface area contributed by atoms with E-state index in [9.17, 15) is 9.59 Å². The molecule has 1 aromatic carbocycles. The van der Waals surface area contributed by atoms with Gasteiger partial charge >= 0.3 is 5.76 Å². The molecule has 1 saturated carbocycles. The van der Waals surface area contributed by atoms with E-state index in [1.165, 1.54) is 43.4 Å². The van der Waals surface area contributed by atoms with Gasteiger partial charge in [-0.1, -0.05) is 26.0 Å². The Morgan fingerprint density at radius 1 is 1.14 bits per heavy atom. The molecular weight excluding hydrogens is 440 g/mol. The van der Waals surface area contributed by atoms with Crippen LogP contribution in [0, 0.1) is 12.8 Å². The van der Waals surface area contributed by atoms with Crippen molar-refractivity contribution in [3.63, 3.8) is 0 Å². The van der Waals surface area contributed by atoms with Crippen molar-refractivity contribution in [2.24, 2.45) is 5.92 Å². The Balaban J connectivity index is 1.40. The summed E-state index contributed by atoms with van der Waals surface area (Å²) in [6, 6.07) is 10.6. The molecule has 2 fully saturated rings. The number of H-pyrrole nitrogens is 1. The molecule has 0 bridgehead atoms. The molecule has 3 heterocycles. The molecule has 7 heteroatoms. The molecule has 3 aromatic rings. The first-order chi connectivity index (χ1) is 16.9. The summed E-state index contributed by atoms with van der Waals surface area (Å²) in [5.74, 6) is 1.01. The van der Waals surface area contributed by atoms with Gasteiger partial charge in [0.2, 0.25) is 5.89 Å². The van der Waals surface area contributed by atoms with Crippen molar-refractivity contribution in [3.05, 3.63) is 73.6 Å². The standard InChI is InChI=1S/C28H36N4O3/c1-18(2)15-23-5-4-13-31(23)17-25-24(21-10-11-21)16-19(3)27(33)32(25)14-12-20-6-8-22(9-7-20)26-29-30-28(34)35-26/h6-9,16,18,21,23H,4-5,10-15,17H2,1-3H3,(H,30,34)/t23-/m1/s1. The molecule has 0 unspecified atom stereocenters. The summed E-state index contributed by atoms with van der Waals surface area (Å²) in [5.41, 5.74) is 5.49. The van der Waals surface area contributed by atoms with Crippen LogP contribution in [0.15, 0.2) is 44.3 Å². The maximum atomic E-state index is 13.4. The van der Waals surface area contributed by atoms with Crippen LogP contribution in [0.1, 0.15) is 74.3 Å². The topological polar surface area (TPSA) is 84.1 Å². The molecule has 1 aliphatic heterocycles. The molecule has 2 aliphatic rings. The minimum Gasteiger partial charge on any atom is -0.388 e. The highest BCUT2D eigenvalue weighted by atomic mass is 16.4. The van der Waals surface area contributed by atoms with Crippen molar-refractivity contribution < 1.29 is 4.42 Å². The number of likely N-dealkylation sites (tertiary alicyclic amines) is 1. The van der Waals surface area contributed by atoms with E-state index in [4.69, 9.17) is 4.42 Å². The third-order valence-electron chi connectivity index (χ3n) is 7.49. The number of aromatic amines is 1. The fourth-order valence-electron chi connectivity index (χ4n) is 5.55. The first kappa shape index (κ1) is 23.8. The largest absolute Gasteiger partial charge is 0.434 e. The summed E-state index contributed by atoms with van der Waals surface area (Å²) in [6.45, 7) is 9.22. The monoisotopic (exact) mass is 476 g/mol. The lowest BCUT2D eigenvalue weighted by atomic mass is 10.0. The van der Waals surface area contributed by atoms with Gasteiger partial charge < -0.3 is 8.98 Å². The van der Waals surface area contributed by atoms with Crippen LogP contribution in [0.4, 0.5) is 0 Å². The van der Waals surface area contributed by atoms with E-state index in [0.717, 1.165) is 36.2 Å². The Hall–Kier alpha value is -2.93. The molecule has 1 atom stereocenters. The van der Waals surface area contributed by atoms with Gasteiger partial charge in [-0.2, -0.15) is 0 Å². The summed E-state index contributed by atoms with van der Waals surface area (Å²) in [6.07, 6.45) is 6.94. The van der Waals surface area contributed by atoms with Gasteiger partial charge in [0.15, 0.2) is 0 Å². The first-order valence-electron chi connectivity index (χ1n) is 13.0. The number of rotatable bonds is 9. The third-order valence-corrected chi connectivity index (χ3v) is 7.49. The van der Waals surface area contributed by atoms with Crippen LogP contribution in [0.2, 0.25) is 0 Å². The molecule has 1 N–H and O–H groups in total. The van der Waals surface area contributed by atoms with E-state index >= 15 is 0 Å². The lowest BCUT2D eigenvalue weighted by Gasteiger charge is -2.29. The molecule has 0 amide bonds. The van der Waals surface area contributed by atoms with E-state index < -0.39 is 5.76 Å². The van der Waals surface area contributed by atoms with E-state index in [-0.39, 0.29) is 11.4 Å². The Morgan fingerprint density at radius 3 is 2.57 bits per heavy atom. The minimum absolute atomic E-state index is 0.138. The number of aromatic nitrogens is 3. The lowest BCUT2D eigenvalue weighted by Crippen LogP contribution is -2.35. The molecule has 186 valence electrons. The highest BCUT2D eigenvalue weighted by molar-refractivity contribution is 5.52. The van der Waals surface area contributed by atoms with Gasteiger partial charge in [-0.15, -0.1) is 5.10 Å². The summed E-state index contributed by atoms with van der Waals surface area (Å²) >= 11 is 0. The van der Waals surface area contributed by atoms with Crippen LogP contribution < -0.4 is 11.3 Å². The normalized spacial score (nSPS) is 18.6. The fourth-order valence-corrected chi connectivity index (χ4v) is 5.55. The van der Waals surface area contributed by atoms with Crippen molar-refractivity contribution in [3.8, 4) is 11.5 Å². The van der Waals surface area contributed by atoms with E-state index in [2.05, 4.69) is 39.6 Å². The number of nitrogens with zero attached hydrogens (tertiary/aromatic N) is 3. The second kappa shape index (κ2) is 9.97. The summed E-state index contributed by atoms with van der Waals surface area (Å²) < 4.78 is 7.11. The van der Waals surface area contributed by atoms with Crippen LogP contribution in [0.5, 0.6) is 0 Å². The highest BCUT2D eigenvalue weighted by Crippen LogP contribution is 2.42. The number of hydrogen-bond acceptors (Lipinski definition) is 5. The Morgan fingerprint density at radius 2 is 1.91 bits per heavy atom. The van der Waals surface area contributed by atoms with Crippen molar-refractivity contribution in [2.45, 2.75) is 84.3 Å². The van der Waals surface area contributed by atoms with Gasteiger partial charge in [-0.3, -0.25) is 9.69 Å². The van der Waals surface area contributed by atoms with Crippen LogP contribution in [0.25, 0.3) is 11.5 Å². The molecule has 2 aromatic heterocycles.